The number of rotatable bonds is 6. The van der Waals surface area contributed by atoms with Crippen LogP contribution in [0.15, 0.2) is 30.5 Å². The van der Waals surface area contributed by atoms with E-state index in [0.717, 1.165) is 23.2 Å². The number of aromatic nitrogens is 1. The van der Waals surface area contributed by atoms with Crippen LogP contribution in [0.3, 0.4) is 0 Å². The largest absolute Gasteiger partial charge is 0.362 e. The van der Waals surface area contributed by atoms with E-state index in [1.54, 1.807) is 11.3 Å². The lowest BCUT2D eigenvalue weighted by molar-refractivity contribution is 0.255. The fraction of sp³-hybridized carbons (Fsp3) is 0.400. The summed E-state index contributed by atoms with van der Waals surface area (Å²) in [6.07, 6.45) is 1.95. The summed E-state index contributed by atoms with van der Waals surface area (Å²) in [7, 11) is 2.12. The Hall–Kier alpha value is -1.10. The van der Waals surface area contributed by atoms with Gasteiger partial charge >= 0.3 is 0 Å². The average molecular weight is 310 g/mol. The number of benzene rings is 1. The molecule has 0 spiro atoms. The van der Waals surface area contributed by atoms with Gasteiger partial charge < -0.3 is 5.32 Å². The average Bonchev–Trinajstić information content (AvgIpc) is 2.85. The smallest absolute Gasteiger partial charge is 0.182 e. The third-order valence-electron chi connectivity index (χ3n) is 3.28. The van der Waals surface area contributed by atoms with Crippen molar-refractivity contribution in [2.75, 3.05) is 18.9 Å². The van der Waals surface area contributed by atoms with Crippen molar-refractivity contribution < 1.29 is 0 Å². The molecule has 5 heteroatoms. The molecule has 0 amide bonds. The van der Waals surface area contributed by atoms with E-state index in [1.165, 1.54) is 10.4 Å². The molecule has 0 aliphatic heterocycles. The van der Waals surface area contributed by atoms with Gasteiger partial charge in [0.1, 0.15) is 0 Å². The van der Waals surface area contributed by atoms with E-state index in [9.17, 15) is 0 Å². The first-order valence-corrected chi connectivity index (χ1v) is 7.94. The molecule has 1 aromatic heterocycles. The molecule has 0 aliphatic carbocycles. The van der Waals surface area contributed by atoms with Crippen LogP contribution in [-0.4, -0.2) is 23.5 Å². The van der Waals surface area contributed by atoms with Gasteiger partial charge in [0, 0.05) is 35.2 Å². The topological polar surface area (TPSA) is 28.2 Å². The number of halogens is 1. The highest BCUT2D eigenvalue weighted by Gasteiger charge is 2.13. The maximum Gasteiger partial charge on any atom is 0.182 e. The highest BCUT2D eigenvalue weighted by atomic mass is 35.5. The highest BCUT2D eigenvalue weighted by molar-refractivity contribution is 7.15. The first-order chi connectivity index (χ1) is 9.60. The monoisotopic (exact) mass is 309 g/mol. The number of hydrogen-bond donors (Lipinski definition) is 1. The van der Waals surface area contributed by atoms with Crippen LogP contribution in [0.5, 0.6) is 0 Å². The maximum absolute atomic E-state index is 6.06. The van der Waals surface area contributed by atoms with Gasteiger partial charge in [0.2, 0.25) is 0 Å². The predicted molar refractivity (Wildman–Crippen MR) is 87.6 cm³/mol. The Kier molecular flexibility index (Phi) is 5.40. The number of thiazole rings is 1. The van der Waals surface area contributed by atoms with E-state index in [2.05, 4.69) is 42.2 Å². The number of hydrogen-bond acceptors (Lipinski definition) is 4. The van der Waals surface area contributed by atoms with Gasteiger partial charge in [-0.25, -0.2) is 4.98 Å². The van der Waals surface area contributed by atoms with Crippen LogP contribution in [0.1, 0.15) is 30.3 Å². The molecule has 0 bridgehead atoms. The second kappa shape index (κ2) is 7.07. The van der Waals surface area contributed by atoms with Crippen molar-refractivity contribution in [3.63, 3.8) is 0 Å². The lowest BCUT2D eigenvalue weighted by Gasteiger charge is -2.24. The lowest BCUT2D eigenvalue weighted by Crippen LogP contribution is -2.21. The SMILES string of the molecule is CCNc1ncc(CN(C)C(C)c2cccc(Cl)c2)s1. The molecule has 108 valence electrons. The molecule has 20 heavy (non-hydrogen) atoms. The van der Waals surface area contributed by atoms with Gasteiger partial charge in [-0.1, -0.05) is 23.7 Å². The lowest BCUT2D eigenvalue weighted by atomic mass is 10.1. The Morgan fingerprint density at radius 2 is 2.25 bits per heavy atom. The molecule has 2 aromatic rings. The van der Waals surface area contributed by atoms with Gasteiger partial charge in [-0.2, -0.15) is 0 Å². The van der Waals surface area contributed by atoms with Crippen LogP contribution in [0.4, 0.5) is 5.13 Å². The molecule has 0 saturated heterocycles. The summed E-state index contributed by atoms with van der Waals surface area (Å²) in [5, 5.41) is 5.02. The Morgan fingerprint density at radius 1 is 1.45 bits per heavy atom. The van der Waals surface area contributed by atoms with Gasteiger partial charge in [-0.15, -0.1) is 11.3 Å². The Morgan fingerprint density at radius 3 is 2.95 bits per heavy atom. The van der Waals surface area contributed by atoms with Crippen molar-refractivity contribution in [1.29, 1.82) is 0 Å². The summed E-state index contributed by atoms with van der Waals surface area (Å²) < 4.78 is 0. The molecule has 2 rings (SSSR count). The third kappa shape index (κ3) is 3.95. The fourth-order valence-electron chi connectivity index (χ4n) is 2.02. The molecule has 0 fully saturated rings. The molecule has 1 aromatic carbocycles. The summed E-state index contributed by atoms with van der Waals surface area (Å²) in [5.74, 6) is 0. The molecule has 1 atom stereocenters. The summed E-state index contributed by atoms with van der Waals surface area (Å²) >= 11 is 7.77. The van der Waals surface area contributed by atoms with Crippen LogP contribution < -0.4 is 5.32 Å². The normalized spacial score (nSPS) is 12.7. The zero-order chi connectivity index (χ0) is 14.5. The van der Waals surface area contributed by atoms with Crippen molar-refractivity contribution >= 4 is 28.1 Å². The molecule has 1 unspecified atom stereocenters. The minimum atomic E-state index is 0.318. The van der Waals surface area contributed by atoms with Gasteiger partial charge in [0.15, 0.2) is 5.13 Å². The van der Waals surface area contributed by atoms with Crippen molar-refractivity contribution in [2.45, 2.75) is 26.4 Å². The number of nitrogens with one attached hydrogen (secondary N) is 1. The molecule has 0 saturated carbocycles. The minimum absolute atomic E-state index is 0.318. The van der Waals surface area contributed by atoms with Crippen LogP contribution in [-0.2, 0) is 6.54 Å². The second-order valence-corrected chi connectivity index (χ2v) is 6.36. The van der Waals surface area contributed by atoms with Crippen molar-refractivity contribution in [1.82, 2.24) is 9.88 Å². The van der Waals surface area contributed by atoms with Crippen LogP contribution in [0.25, 0.3) is 0 Å². The van der Waals surface area contributed by atoms with Gasteiger partial charge in [-0.3, -0.25) is 4.90 Å². The van der Waals surface area contributed by atoms with Crippen LogP contribution >= 0.6 is 22.9 Å². The van der Waals surface area contributed by atoms with Crippen molar-refractivity contribution in [2.24, 2.45) is 0 Å². The highest BCUT2D eigenvalue weighted by Crippen LogP contribution is 2.25. The van der Waals surface area contributed by atoms with E-state index >= 15 is 0 Å². The first-order valence-electron chi connectivity index (χ1n) is 6.74. The molecular weight excluding hydrogens is 290 g/mol. The van der Waals surface area contributed by atoms with E-state index in [1.807, 2.05) is 24.4 Å². The Labute approximate surface area is 129 Å². The minimum Gasteiger partial charge on any atom is -0.362 e. The van der Waals surface area contributed by atoms with E-state index < -0.39 is 0 Å². The molecule has 1 heterocycles. The van der Waals surface area contributed by atoms with Crippen LogP contribution in [0, 0.1) is 0 Å². The standard InChI is InChI=1S/C15H20ClN3S/c1-4-17-15-18-9-14(20-15)10-19(3)11(2)12-6-5-7-13(16)8-12/h5-9,11H,4,10H2,1-3H3,(H,17,18). The molecule has 0 radical (unpaired) electrons. The van der Waals surface area contributed by atoms with Gasteiger partial charge in [0.05, 0.1) is 0 Å². The maximum atomic E-state index is 6.06. The Bertz CT molecular complexity index is 556. The first kappa shape index (κ1) is 15.3. The van der Waals surface area contributed by atoms with Crippen molar-refractivity contribution in [3.8, 4) is 0 Å². The number of anilines is 1. The fourth-order valence-corrected chi connectivity index (χ4v) is 3.16. The molecular formula is C15H20ClN3S. The Balaban J connectivity index is 2.01. The molecule has 3 nitrogen and oxygen atoms in total. The predicted octanol–water partition coefficient (Wildman–Crippen LogP) is 4.42. The van der Waals surface area contributed by atoms with Gasteiger partial charge in [-0.05, 0) is 38.6 Å². The summed E-state index contributed by atoms with van der Waals surface area (Å²) in [6, 6.07) is 8.36. The molecule has 0 aliphatic rings. The number of nitrogens with zero attached hydrogens (tertiary/aromatic N) is 2. The third-order valence-corrected chi connectivity index (χ3v) is 4.45. The zero-order valence-electron chi connectivity index (χ0n) is 12.1. The van der Waals surface area contributed by atoms with E-state index in [4.69, 9.17) is 11.6 Å². The second-order valence-electron chi connectivity index (χ2n) is 4.81. The van der Waals surface area contributed by atoms with Crippen LogP contribution in [0.2, 0.25) is 5.02 Å². The van der Waals surface area contributed by atoms with Crippen molar-refractivity contribution in [3.05, 3.63) is 45.9 Å². The zero-order valence-corrected chi connectivity index (χ0v) is 13.6. The van der Waals surface area contributed by atoms with E-state index in [0.29, 0.717) is 6.04 Å². The summed E-state index contributed by atoms with van der Waals surface area (Å²) in [5.41, 5.74) is 1.23. The van der Waals surface area contributed by atoms with E-state index in [-0.39, 0.29) is 0 Å². The summed E-state index contributed by atoms with van der Waals surface area (Å²) in [6.45, 7) is 6.06. The summed E-state index contributed by atoms with van der Waals surface area (Å²) in [4.78, 5) is 7.93. The van der Waals surface area contributed by atoms with Gasteiger partial charge in [0.25, 0.3) is 0 Å². The quantitative estimate of drug-likeness (QED) is 0.856. The molecule has 1 N–H and O–H groups in total.